The van der Waals surface area contributed by atoms with Gasteiger partial charge in [0.2, 0.25) is 15.9 Å². The number of nitrogens with one attached hydrogen (secondary N) is 1. The topological polar surface area (TPSA) is 66.5 Å². The fourth-order valence-corrected chi connectivity index (χ4v) is 4.71. The normalized spacial score (nSPS) is 20.1. The second-order valence-electron chi connectivity index (χ2n) is 5.41. The minimum Gasteiger partial charge on any atom is -0.326 e. The molecule has 1 N–H and O–H groups in total. The standard InChI is InChI=1S/C13H14Cl2N2O3S/c14-9-3-10(15)5-11(4-9)16-13(18)8-6-17(7-8)21(19,20)12-1-2-12/h3-5,8,12H,1-2,6-7H2,(H,16,18). The molecule has 1 aromatic carbocycles. The van der Waals surface area contributed by atoms with Crippen LogP contribution in [0.15, 0.2) is 18.2 Å². The molecule has 21 heavy (non-hydrogen) atoms. The number of carbonyl (C=O) groups is 1. The quantitative estimate of drug-likeness (QED) is 0.908. The molecule has 1 aliphatic heterocycles. The van der Waals surface area contributed by atoms with Gasteiger partial charge in [0.15, 0.2) is 0 Å². The number of sulfonamides is 1. The molecule has 1 aliphatic carbocycles. The predicted molar refractivity (Wildman–Crippen MR) is 82.1 cm³/mol. The van der Waals surface area contributed by atoms with Gasteiger partial charge in [-0.2, -0.15) is 4.31 Å². The summed E-state index contributed by atoms with van der Waals surface area (Å²) in [4.78, 5) is 12.1. The third-order valence-corrected chi connectivity index (χ3v) is 6.42. The fourth-order valence-electron chi connectivity index (χ4n) is 2.26. The summed E-state index contributed by atoms with van der Waals surface area (Å²) in [6, 6.07) is 4.78. The van der Waals surface area contributed by atoms with Crippen molar-refractivity contribution < 1.29 is 13.2 Å². The van der Waals surface area contributed by atoms with Crippen molar-refractivity contribution in [2.45, 2.75) is 18.1 Å². The van der Waals surface area contributed by atoms with E-state index in [0.29, 0.717) is 15.7 Å². The van der Waals surface area contributed by atoms with Crippen molar-refractivity contribution in [2.24, 2.45) is 5.92 Å². The van der Waals surface area contributed by atoms with E-state index in [0.717, 1.165) is 12.8 Å². The largest absolute Gasteiger partial charge is 0.326 e. The van der Waals surface area contributed by atoms with E-state index in [-0.39, 0.29) is 30.2 Å². The third-order valence-electron chi connectivity index (χ3n) is 3.65. The van der Waals surface area contributed by atoms with Crippen molar-refractivity contribution >= 4 is 44.8 Å². The van der Waals surface area contributed by atoms with Crippen LogP contribution in [0.25, 0.3) is 0 Å². The van der Waals surface area contributed by atoms with Gasteiger partial charge in [0.05, 0.1) is 11.2 Å². The van der Waals surface area contributed by atoms with Crippen LogP contribution in [0.3, 0.4) is 0 Å². The van der Waals surface area contributed by atoms with Crippen LogP contribution in [0, 0.1) is 5.92 Å². The number of halogens is 2. The summed E-state index contributed by atoms with van der Waals surface area (Å²) >= 11 is 11.7. The Morgan fingerprint density at radius 1 is 1.14 bits per heavy atom. The number of carbonyl (C=O) groups excluding carboxylic acids is 1. The van der Waals surface area contributed by atoms with Crippen LogP contribution in [0.2, 0.25) is 10.0 Å². The molecule has 1 saturated heterocycles. The zero-order valence-corrected chi connectivity index (χ0v) is 13.4. The summed E-state index contributed by atoms with van der Waals surface area (Å²) in [5.41, 5.74) is 0.515. The van der Waals surface area contributed by atoms with E-state index in [2.05, 4.69) is 5.32 Å². The number of rotatable bonds is 4. The molecule has 0 bridgehead atoms. The van der Waals surface area contributed by atoms with E-state index in [1.54, 1.807) is 18.2 Å². The van der Waals surface area contributed by atoms with E-state index in [4.69, 9.17) is 23.2 Å². The average Bonchev–Trinajstić information content (AvgIpc) is 3.07. The molecular formula is C13H14Cl2N2O3S. The Bertz CT molecular complexity index is 662. The van der Waals surface area contributed by atoms with Crippen molar-refractivity contribution in [3.63, 3.8) is 0 Å². The lowest BCUT2D eigenvalue weighted by Gasteiger charge is -2.37. The molecule has 1 heterocycles. The molecule has 2 fully saturated rings. The summed E-state index contributed by atoms with van der Waals surface area (Å²) in [6.07, 6.45) is 1.47. The smallest absolute Gasteiger partial charge is 0.230 e. The highest BCUT2D eigenvalue weighted by Crippen LogP contribution is 2.34. The van der Waals surface area contributed by atoms with Gasteiger partial charge in [-0.1, -0.05) is 23.2 Å². The van der Waals surface area contributed by atoms with Gasteiger partial charge in [-0.05, 0) is 31.0 Å². The first-order chi connectivity index (χ1) is 9.86. The van der Waals surface area contributed by atoms with Crippen molar-refractivity contribution in [3.8, 4) is 0 Å². The minimum atomic E-state index is -3.17. The van der Waals surface area contributed by atoms with Crippen molar-refractivity contribution in [1.29, 1.82) is 0 Å². The maximum Gasteiger partial charge on any atom is 0.230 e. The fraction of sp³-hybridized carbons (Fsp3) is 0.462. The maximum absolute atomic E-state index is 12.1. The van der Waals surface area contributed by atoms with Gasteiger partial charge in [0, 0.05) is 28.8 Å². The molecule has 8 heteroatoms. The number of benzene rings is 1. The second kappa shape index (κ2) is 5.43. The number of amides is 1. The molecule has 2 aliphatic rings. The number of anilines is 1. The molecule has 0 aromatic heterocycles. The molecule has 0 radical (unpaired) electrons. The lowest BCUT2D eigenvalue weighted by Crippen LogP contribution is -2.55. The van der Waals surface area contributed by atoms with Crippen LogP contribution >= 0.6 is 23.2 Å². The molecule has 0 unspecified atom stereocenters. The average molecular weight is 349 g/mol. The number of hydrogen-bond acceptors (Lipinski definition) is 3. The first kappa shape index (κ1) is 15.1. The summed E-state index contributed by atoms with van der Waals surface area (Å²) in [7, 11) is -3.17. The van der Waals surface area contributed by atoms with E-state index in [9.17, 15) is 13.2 Å². The van der Waals surface area contributed by atoms with Crippen LogP contribution in [0.1, 0.15) is 12.8 Å². The molecule has 5 nitrogen and oxygen atoms in total. The molecule has 1 aromatic rings. The van der Waals surface area contributed by atoms with Gasteiger partial charge in [0.1, 0.15) is 0 Å². The SMILES string of the molecule is O=C(Nc1cc(Cl)cc(Cl)c1)C1CN(S(=O)(=O)C2CC2)C1. The van der Waals surface area contributed by atoms with Crippen LogP contribution < -0.4 is 5.32 Å². The molecular weight excluding hydrogens is 335 g/mol. The van der Waals surface area contributed by atoms with Crippen LogP contribution in [0.4, 0.5) is 5.69 Å². The van der Waals surface area contributed by atoms with E-state index < -0.39 is 10.0 Å². The molecule has 1 amide bonds. The van der Waals surface area contributed by atoms with E-state index in [1.807, 2.05) is 0 Å². The monoisotopic (exact) mass is 348 g/mol. The minimum absolute atomic E-state index is 0.212. The predicted octanol–water partition coefficient (Wildman–Crippen LogP) is 2.36. The lowest BCUT2D eigenvalue weighted by molar-refractivity contribution is -0.122. The highest BCUT2D eigenvalue weighted by molar-refractivity contribution is 7.90. The Kier molecular flexibility index (Phi) is 3.90. The summed E-state index contributed by atoms with van der Waals surface area (Å²) < 4.78 is 25.3. The van der Waals surface area contributed by atoms with Crippen LogP contribution in [-0.2, 0) is 14.8 Å². The molecule has 114 valence electrons. The second-order valence-corrected chi connectivity index (χ2v) is 8.49. The highest BCUT2D eigenvalue weighted by Gasteiger charge is 2.46. The Labute approximate surface area is 133 Å². The Hall–Kier alpha value is -0.820. The van der Waals surface area contributed by atoms with Gasteiger partial charge in [-0.3, -0.25) is 4.79 Å². The highest BCUT2D eigenvalue weighted by atomic mass is 35.5. The van der Waals surface area contributed by atoms with Crippen LogP contribution in [-0.4, -0.2) is 37.0 Å². The molecule has 0 spiro atoms. The summed E-state index contributed by atoms with van der Waals surface area (Å²) in [6.45, 7) is 0.498. The molecule has 1 saturated carbocycles. The van der Waals surface area contributed by atoms with Gasteiger partial charge < -0.3 is 5.32 Å². The van der Waals surface area contributed by atoms with E-state index in [1.165, 1.54) is 4.31 Å². The van der Waals surface area contributed by atoms with E-state index >= 15 is 0 Å². The van der Waals surface area contributed by atoms with Gasteiger partial charge in [0.25, 0.3) is 0 Å². The first-order valence-corrected chi connectivity index (χ1v) is 8.88. The summed E-state index contributed by atoms with van der Waals surface area (Å²) in [5.74, 6) is -0.535. The van der Waals surface area contributed by atoms with Crippen LogP contribution in [0.5, 0.6) is 0 Å². The zero-order chi connectivity index (χ0) is 15.2. The Balaban J connectivity index is 1.58. The first-order valence-electron chi connectivity index (χ1n) is 6.62. The Morgan fingerprint density at radius 3 is 2.24 bits per heavy atom. The maximum atomic E-state index is 12.1. The molecule has 0 atom stereocenters. The van der Waals surface area contributed by atoms with Gasteiger partial charge >= 0.3 is 0 Å². The number of hydrogen-bond donors (Lipinski definition) is 1. The van der Waals surface area contributed by atoms with Crippen molar-refractivity contribution in [3.05, 3.63) is 28.2 Å². The van der Waals surface area contributed by atoms with Gasteiger partial charge in [-0.15, -0.1) is 0 Å². The van der Waals surface area contributed by atoms with Gasteiger partial charge in [-0.25, -0.2) is 8.42 Å². The van der Waals surface area contributed by atoms with Crippen molar-refractivity contribution in [1.82, 2.24) is 4.31 Å². The number of nitrogens with zero attached hydrogens (tertiary/aromatic N) is 1. The summed E-state index contributed by atoms with van der Waals surface area (Å²) in [5, 5.41) is 3.35. The van der Waals surface area contributed by atoms with Crippen molar-refractivity contribution in [2.75, 3.05) is 18.4 Å². The molecule has 3 rings (SSSR count). The third kappa shape index (κ3) is 3.18. The lowest BCUT2D eigenvalue weighted by atomic mass is 10.0. The zero-order valence-electron chi connectivity index (χ0n) is 11.1. The Morgan fingerprint density at radius 2 is 1.71 bits per heavy atom.